The summed E-state index contributed by atoms with van der Waals surface area (Å²) in [5.41, 5.74) is 4.35. The highest BCUT2D eigenvalue weighted by atomic mass is 32.1. The molecule has 9 heteroatoms. The fourth-order valence-electron chi connectivity index (χ4n) is 4.17. The second-order valence-electron chi connectivity index (χ2n) is 8.99. The number of methoxy groups -OCH3 is 2. The lowest BCUT2D eigenvalue weighted by atomic mass is 10.1. The second-order valence-corrected chi connectivity index (χ2v) is 9.83. The number of nitrogens with zero attached hydrogens (tertiary/aromatic N) is 3. The molecule has 0 spiro atoms. The van der Waals surface area contributed by atoms with E-state index in [4.69, 9.17) is 19.6 Å². The van der Waals surface area contributed by atoms with Gasteiger partial charge in [0.25, 0.3) is 5.91 Å². The molecule has 0 saturated heterocycles. The van der Waals surface area contributed by atoms with Crippen molar-refractivity contribution in [3.05, 3.63) is 94.9 Å². The van der Waals surface area contributed by atoms with Gasteiger partial charge in [-0.15, -0.1) is 11.3 Å². The van der Waals surface area contributed by atoms with E-state index in [1.165, 1.54) is 17.5 Å². The normalized spacial score (nSPS) is 10.6. The summed E-state index contributed by atoms with van der Waals surface area (Å²) in [4.78, 5) is 31.9. The number of benzene rings is 3. The molecule has 0 fully saturated rings. The highest BCUT2D eigenvalue weighted by Crippen LogP contribution is 2.36. The molecule has 202 valence electrons. The van der Waals surface area contributed by atoms with E-state index in [0.717, 1.165) is 46.4 Å². The third-order valence-electron chi connectivity index (χ3n) is 6.25. The lowest BCUT2D eigenvalue weighted by Crippen LogP contribution is -2.31. The van der Waals surface area contributed by atoms with Crippen LogP contribution in [0.4, 0.5) is 5.13 Å². The number of carboxylic acid groups (broad SMARTS) is 1. The van der Waals surface area contributed by atoms with E-state index in [0.29, 0.717) is 12.1 Å². The minimum atomic E-state index is -1.05. The maximum atomic E-state index is 12.6. The summed E-state index contributed by atoms with van der Waals surface area (Å²) in [7, 11) is 4.75. The van der Waals surface area contributed by atoms with Crippen molar-refractivity contribution >= 4 is 28.3 Å². The van der Waals surface area contributed by atoms with Gasteiger partial charge in [-0.3, -0.25) is 9.59 Å². The first kappa shape index (κ1) is 27.7. The standard InChI is InChI=1S/C30H31N3O5S/c1-32(19-28(34)35)29(36)23-11-9-22(10-12-23)18-33(16-15-21-7-5-4-6-8-21)30-31-26(20-39-30)25-17-24(37-2)13-14-27(25)38-3/h4-14,17,20H,15-16,18-19H2,1-3H3,(H,34,35). The van der Waals surface area contributed by atoms with Gasteiger partial charge < -0.3 is 24.4 Å². The van der Waals surface area contributed by atoms with Gasteiger partial charge in [-0.05, 0) is 47.9 Å². The molecule has 0 aliphatic heterocycles. The van der Waals surface area contributed by atoms with Crippen LogP contribution in [0.1, 0.15) is 21.5 Å². The molecule has 0 atom stereocenters. The number of thiazole rings is 1. The number of aromatic nitrogens is 1. The average Bonchev–Trinajstić information content (AvgIpc) is 3.45. The van der Waals surface area contributed by atoms with Crippen LogP contribution in [0.2, 0.25) is 0 Å². The van der Waals surface area contributed by atoms with Gasteiger partial charge in [0.05, 0.1) is 19.9 Å². The monoisotopic (exact) mass is 545 g/mol. The van der Waals surface area contributed by atoms with Crippen molar-refractivity contribution in [2.75, 3.05) is 39.3 Å². The van der Waals surface area contributed by atoms with Crippen LogP contribution in [0.5, 0.6) is 11.5 Å². The number of rotatable bonds is 12. The number of carboxylic acids is 1. The molecule has 1 amide bonds. The lowest BCUT2D eigenvalue weighted by molar-refractivity contribution is -0.137. The Kier molecular flexibility index (Phi) is 9.17. The highest BCUT2D eigenvalue weighted by Gasteiger charge is 2.18. The summed E-state index contributed by atoms with van der Waals surface area (Å²) >= 11 is 1.56. The number of hydrogen-bond acceptors (Lipinski definition) is 7. The van der Waals surface area contributed by atoms with E-state index < -0.39 is 5.97 Å². The van der Waals surface area contributed by atoms with Crippen LogP contribution in [-0.4, -0.2) is 61.2 Å². The van der Waals surface area contributed by atoms with Crippen LogP contribution in [-0.2, 0) is 17.8 Å². The van der Waals surface area contributed by atoms with Crippen LogP contribution < -0.4 is 14.4 Å². The van der Waals surface area contributed by atoms with Crippen molar-refractivity contribution in [1.82, 2.24) is 9.88 Å². The molecule has 0 bridgehead atoms. The zero-order valence-electron chi connectivity index (χ0n) is 22.2. The number of aliphatic carboxylic acids is 1. The maximum Gasteiger partial charge on any atom is 0.323 e. The summed E-state index contributed by atoms with van der Waals surface area (Å²) in [6.07, 6.45) is 0.842. The van der Waals surface area contributed by atoms with Gasteiger partial charge in [-0.2, -0.15) is 0 Å². The Hall–Kier alpha value is -4.37. The largest absolute Gasteiger partial charge is 0.497 e. The summed E-state index contributed by atoms with van der Waals surface area (Å²) < 4.78 is 11.0. The topological polar surface area (TPSA) is 92.2 Å². The molecule has 0 radical (unpaired) electrons. The Labute approximate surface area is 232 Å². The molecular formula is C30H31N3O5S. The SMILES string of the molecule is COc1ccc(OC)c(-c2csc(N(CCc3ccccc3)Cc3ccc(C(=O)N(C)CC(=O)O)cc3)n2)c1. The fourth-order valence-corrected chi connectivity index (χ4v) is 5.02. The molecular weight excluding hydrogens is 514 g/mol. The minimum Gasteiger partial charge on any atom is -0.497 e. The van der Waals surface area contributed by atoms with Gasteiger partial charge in [0.2, 0.25) is 0 Å². The predicted molar refractivity (Wildman–Crippen MR) is 153 cm³/mol. The van der Waals surface area contributed by atoms with Gasteiger partial charge in [0, 0.05) is 36.6 Å². The van der Waals surface area contributed by atoms with Crippen LogP contribution in [0.3, 0.4) is 0 Å². The van der Waals surface area contributed by atoms with Crippen LogP contribution >= 0.6 is 11.3 Å². The average molecular weight is 546 g/mol. The molecule has 0 saturated carbocycles. The van der Waals surface area contributed by atoms with Crippen molar-refractivity contribution < 1.29 is 24.2 Å². The Bertz CT molecular complexity index is 1410. The fraction of sp³-hybridized carbons (Fsp3) is 0.233. The van der Waals surface area contributed by atoms with Crippen molar-refractivity contribution in [3.8, 4) is 22.8 Å². The first-order chi connectivity index (χ1) is 18.9. The van der Waals surface area contributed by atoms with Gasteiger partial charge in [-0.1, -0.05) is 42.5 Å². The van der Waals surface area contributed by atoms with Gasteiger partial charge in [-0.25, -0.2) is 4.98 Å². The number of hydrogen-bond donors (Lipinski definition) is 1. The van der Waals surface area contributed by atoms with E-state index >= 15 is 0 Å². The molecule has 1 N–H and O–H groups in total. The Balaban J connectivity index is 1.58. The highest BCUT2D eigenvalue weighted by molar-refractivity contribution is 7.14. The molecule has 1 heterocycles. The molecule has 4 aromatic rings. The van der Waals surface area contributed by atoms with Gasteiger partial charge >= 0.3 is 5.97 Å². The van der Waals surface area contributed by atoms with E-state index in [1.54, 1.807) is 37.7 Å². The van der Waals surface area contributed by atoms with Crippen molar-refractivity contribution in [3.63, 3.8) is 0 Å². The van der Waals surface area contributed by atoms with Crippen molar-refractivity contribution in [2.45, 2.75) is 13.0 Å². The Morgan fingerprint density at radius 2 is 1.69 bits per heavy atom. The summed E-state index contributed by atoms with van der Waals surface area (Å²) in [6.45, 7) is 0.987. The van der Waals surface area contributed by atoms with Crippen molar-refractivity contribution in [1.29, 1.82) is 0 Å². The molecule has 0 aliphatic carbocycles. The lowest BCUT2D eigenvalue weighted by Gasteiger charge is -2.22. The summed E-state index contributed by atoms with van der Waals surface area (Å²) in [6, 6.07) is 23.2. The van der Waals surface area contributed by atoms with E-state index in [9.17, 15) is 9.59 Å². The molecule has 3 aromatic carbocycles. The number of ether oxygens (including phenoxy) is 2. The van der Waals surface area contributed by atoms with E-state index in [1.807, 2.05) is 53.9 Å². The van der Waals surface area contributed by atoms with Crippen molar-refractivity contribution in [2.24, 2.45) is 0 Å². The van der Waals surface area contributed by atoms with E-state index in [-0.39, 0.29) is 12.5 Å². The summed E-state index contributed by atoms with van der Waals surface area (Å²) in [5.74, 6) is 0.0640. The number of carbonyl (C=O) groups is 2. The van der Waals surface area contributed by atoms with E-state index in [2.05, 4.69) is 17.0 Å². The Morgan fingerprint density at radius 1 is 0.949 bits per heavy atom. The third-order valence-corrected chi connectivity index (χ3v) is 7.15. The Morgan fingerprint density at radius 3 is 2.36 bits per heavy atom. The third kappa shape index (κ3) is 7.14. The quantitative estimate of drug-likeness (QED) is 0.261. The van der Waals surface area contributed by atoms with Crippen LogP contribution in [0.25, 0.3) is 11.3 Å². The van der Waals surface area contributed by atoms with Crippen LogP contribution in [0.15, 0.2) is 78.2 Å². The zero-order valence-corrected chi connectivity index (χ0v) is 23.0. The number of likely N-dealkylation sites (N-methyl/N-ethyl adjacent to an activating group) is 1. The summed E-state index contributed by atoms with van der Waals surface area (Å²) in [5, 5.41) is 11.9. The van der Waals surface area contributed by atoms with Gasteiger partial charge in [0.15, 0.2) is 5.13 Å². The predicted octanol–water partition coefficient (Wildman–Crippen LogP) is 5.23. The molecule has 1 aromatic heterocycles. The minimum absolute atomic E-state index is 0.332. The first-order valence-electron chi connectivity index (χ1n) is 12.4. The zero-order chi connectivity index (χ0) is 27.8. The van der Waals surface area contributed by atoms with Gasteiger partial charge in [0.1, 0.15) is 18.0 Å². The smallest absolute Gasteiger partial charge is 0.323 e. The number of anilines is 1. The molecule has 39 heavy (non-hydrogen) atoms. The number of carbonyl (C=O) groups excluding carboxylic acids is 1. The molecule has 4 rings (SSSR count). The molecule has 8 nitrogen and oxygen atoms in total. The van der Waals surface area contributed by atoms with Crippen LogP contribution in [0, 0.1) is 0 Å². The maximum absolute atomic E-state index is 12.6. The second kappa shape index (κ2) is 12.9. The molecule has 0 unspecified atom stereocenters. The first-order valence-corrected chi connectivity index (χ1v) is 13.3. The molecule has 0 aliphatic rings. The number of amides is 1.